The molecule has 2 rings (SSSR count). The number of amides is 8. The molecule has 1 aromatic carbocycles. The summed E-state index contributed by atoms with van der Waals surface area (Å²) in [6.07, 6.45) is 1.08. The Hall–Kier alpha value is -5.86. The van der Waals surface area contributed by atoms with E-state index < -0.39 is 89.3 Å². The molecule has 6 atom stereocenters. The number of aliphatic imine (C=N–C) groups is 1. The largest absolute Gasteiger partial charge is 0.370 e. The van der Waals surface area contributed by atoms with E-state index in [2.05, 4.69) is 42.2 Å². The molecular formula is C37H59FN12O8. The highest BCUT2D eigenvalue weighted by molar-refractivity contribution is 5.97. The molecule has 1 heterocycles. The molecule has 21 heteroatoms. The fraction of sp³-hybridized carbons (Fsp3) is 0.595. The Labute approximate surface area is 336 Å². The zero-order valence-corrected chi connectivity index (χ0v) is 33.1. The second kappa shape index (κ2) is 25.4. The number of nitrogens with one attached hydrogen (secondary N) is 7. The van der Waals surface area contributed by atoms with Crippen LogP contribution in [0.1, 0.15) is 83.6 Å². The van der Waals surface area contributed by atoms with Gasteiger partial charge in [-0.05, 0) is 69.2 Å². The molecule has 58 heavy (non-hydrogen) atoms. The molecule has 1 aromatic rings. The number of carbonyl (C=O) groups is 8. The summed E-state index contributed by atoms with van der Waals surface area (Å²) in [5, 5.41) is 18.2. The van der Waals surface area contributed by atoms with E-state index in [9.17, 15) is 42.7 Å². The van der Waals surface area contributed by atoms with Crippen molar-refractivity contribution in [3.05, 3.63) is 35.6 Å². The maximum absolute atomic E-state index is 14.0. The first kappa shape index (κ1) is 48.3. The van der Waals surface area contributed by atoms with Crippen LogP contribution in [-0.2, 0) is 44.8 Å². The van der Waals surface area contributed by atoms with Crippen LogP contribution in [0.15, 0.2) is 29.3 Å². The molecule has 6 unspecified atom stereocenters. The number of unbranched alkanes of at least 4 members (excludes halogenated alkanes) is 1. The molecule has 0 spiro atoms. The van der Waals surface area contributed by atoms with Crippen LogP contribution in [0.2, 0.25) is 0 Å². The van der Waals surface area contributed by atoms with Crippen LogP contribution in [0.3, 0.4) is 0 Å². The van der Waals surface area contributed by atoms with Crippen molar-refractivity contribution < 1.29 is 42.7 Å². The molecule has 0 aromatic heterocycles. The second-order valence-electron chi connectivity index (χ2n) is 14.0. The average Bonchev–Trinajstić information content (AvgIpc) is 3.16. The van der Waals surface area contributed by atoms with Crippen LogP contribution in [0.4, 0.5) is 4.39 Å². The SMILES string of the molecule is CCCCC(NC(C)=O)C(=O)NC1CCC(=O)NCCC(C(N)=O)NC(=O)C(CCCN=C(N)N)NC(=O)C(Cc2ccc(F)cc2)NC(=O)C(CCCN)NC1=O. The van der Waals surface area contributed by atoms with Crippen molar-refractivity contribution in [2.24, 2.45) is 27.9 Å². The lowest BCUT2D eigenvalue weighted by Gasteiger charge is -2.27. The lowest BCUT2D eigenvalue weighted by atomic mass is 10.0. The van der Waals surface area contributed by atoms with Gasteiger partial charge in [-0.3, -0.25) is 43.3 Å². The van der Waals surface area contributed by atoms with Crippen molar-refractivity contribution >= 4 is 53.2 Å². The first-order chi connectivity index (χ1) is 27.5. The predicted octanol–water partition coefficient (Wildman–Crippen LogP) is -2.94. The van der Waals surface area contributed by atoms with Crippen molar-refractivity contribution in [1.82, 2.24) is 37.2 Å². The number of carbonyl (C=O) groups excluding carboxylic acids is 8. The molecule has 322 valence electrons. The van der Waals surface area contributed by atoms with Gasteiger partial charge in [-0.2, -0.15) is 0 Å². The first-order valence-electron chi connectivity index (χ1n) is 19.4. The van der Waals surface area contributed by atoms with Crippen molar-refractivity contribution in [2.45, 2.75) is 121 Å². The van der Waals surface area contributed by atoms with Gasteiger partial charge >= 0.3 is 0 Å². The van der Waals surface area contributed by atoms with Crippen LogP contribution in [0, 0.1) is 5.82 Å². The van der Waals surface area contributed by atoms with Gasteiger partial charge in [-0.1, -0.05) is 31.9 Å². The highest BCUT2D eigenvalue weighted by atomic mass is 19.1. The third-order valence-corrected chi connectivity index (χ3v) is 9.14. The fourth-order valence-corrected chi connectivity index (χ4v) is 5.99. The Balaban J connectivity index is 2.59. The lowest BCUT2D eigenvalue weighted by Crippen LogP contribution is -2.60. The minimum Gasteiger partial charge on any atom is -0.370 e. The quantitative estimate of drug-likeness (QED) is 0.0456. The van der Waals surface area contributed by atoms with E-state index in [0.29, 0.717) is 18.4 Å². The molecule has 0 saturated carbocycles. The molecule has 0 radical (unpaired) electrons. The van der Waals surface area contributed by atoms with E-state index in [-0.39, 0.29) is 83.4 Å². The summed E-state index contributed by atoms with van der Waals surface area (Å²) in [5.41, 5.74) is 22.6. The highest BCUT2D eigenvalue weighted by Crippen LogP contribution is 2.11. The average molecular weight is 819 g/mol. The van der Waals surface area contributed by atoms with Crippen LogP contribution in [0.5, 0.6) is 0 Å². The van der Waals surface area contributed by atoms with Crippen LogP contribution in [-0.4, -0.2) is 109 Å². The summed E-state index contributed by atoms with van der Waals surface area (Å²) in [6.45, 7) is 3.21. The Morgan fingerprint density at radius 3 is 2.05 bits per heavy atom. The van der Waals surface area contributed by atoms with Crippen LogP contribution in [0.25, 0.3) is 0 Å². The molecule has 8 amide bonds. The van der Waals surface area contributed by atoms with E-state index in [4.69, 9.17) is 22.9 Å². The van der Waals surface area contributed by atoms with Gasteiger partial charge in [-0.25, -0.2) is 4.39 Å². The third kappa shape index (κ3) is 17.9. The molecule has 1 fully saturated rings. The Kier molecular flexibility index (Phi) is 21.2. The van der Waals surface area contributed by atoms with E-state index in [1.54, 1.807) is 0 Å². The van der Waals surface area contributed by atoms with Crippen molar-refractivity contribution in [1.29, 1.82) is 0 Å². The predicted molar refractivity (Wildman–Crippen MR) is 211 cm³/mol. The third-order valence-electron chi connectivity index (χ3n) is 9.14. The summed E-state index contributed by atoms with van der Waals surface area (Å²) in [4.78, 5) is 110. The van der Waals surface area contributed by atoms with Crippen LogP contribution < -0.4 is 60.2 Å². The van der Waals surface area contributed by atoms with E-state index in [1.165, 1.54) is 31.2 Å². The van der Waals surface area contributed by atoms with Crippen molar-refractivity contribution in [3.63, 3.8) is 0 Å². The van der Waals surface area contributed by atoms with Crippen molar-refractivity contribution in [2.75, 3.05) is 19.6 Å². The Morgan fingerprint density at radius 1 is 0.845 bits per heavy atom. The number of nitrogens with zero attached hydrogens (tertiary/aromatic N) is 1. The molecule has 1 aliphatic rings. The maximum Gasteiger partial charge on any atom is 0.243 e. The summed E-state index contributed by atoms with van der Waals surface area (Å²) in [6, 6.07) is -2.52. The minimum absolute atomic E-state index is 0.00451. The maximum atomic E-state index is 14.0. The Morgan fingerprint density at radius 2 is 1.45 bits per heavy atom. The number of guanidine groups is 1. The fourth-order valence-electron chi connectivity index (χ4n) is 5.99. The normalized spacial score (nSPS) is 21.9. The summed E-state index contributed by atoms with van der Waals surface area (Å²) in [5.74, 6) is -6.71. The van der Waals surface area contributed by atoms with Gasteiger partial charge in [0.05, 0.1) is 0 Å². The summed E-state index contributed by atoms with van der Waals surface area (Å²) in [7, 11) is 0. The Bertz CT molecular complexity index is 1610. The number of nitrogens with two attached hydrogens (primary N) is 4. The van der Waals surface area contributed by atoms with E-state index >= 15 is 0 Å². The van der Waals surface area contributed by atoms with Gasteiger partial charge in [0.2, 0.25) is 47.3 Å². The number of hydrogen-bond acceptors (Lipinski definition) is 10. The second-order valence-corrected chi connectivity index (χ2v) is 14.0. The minimum atomic E-state index is -1.40. The molecule has 1 saturated heterocycles. The number of hydrogen-bond donors (Lipinski definition) is 11. The van der Waals surface area contributed by atoms with Gasteiger partial charge in [0.15, 0.2) is 5.96 Å². The van der Waals surface area contributed by atoms with Gasteiger partial charge in [0.1, 0.15) is 42.1 Å². The monoisotopic (exact) mass is 818 g/mol. The van der Waals surface area contributed by atoms with Gasteiger partial charge in [-0.15, -0.1) is 0 Å². The molecule has 20 nitrogen and oxygen atoms in total. The number of benzene rings is 1. The van der Waals surface area contributed by atoms with Gasteiger partial charge in [0.25, 0.3) is 0 Å². The highest BCUT2D eigenvalue weighted by Gasteiger charge is 2.33. The molecule has 0 aliphatic carbocycles. The molecule has 0 bridgehead atoms. The number of primary amides is 1. The topological polar surface area (TPSA) is 337 Å². The number of rotatable bonds is 16. The van der Waals surface area contributed by atoms with E-state index in [1.807, 2.05) is 6.92 Å². The van der Waals surface area contributed by atoms with Gasteiger partial charge in [0, 0.05) is 32.9 Å². The first-order valence-corrected chi connectivity index (χ1v) is 19.4. The zero-order valence-electron chi connectivity index (χ0n) is 33.1. The van der Waals surface area contributed by atoms with Gasteiger partial charge < -0.3 is 60.2 Å². The molecule has 15 N–H and O–H groups in total. The smallest absolute Gasteiger partial charge is 0.243 e. The lowest BCUT2D eigenvalue weighted by molar-refractivity contribution is -0.135. The van der Waals surface area contributed by atoms with Crippen LogP contribution >= 0.6 is 0 Å². The standard InChI is InChI=1S/C37H59FN12O8/c1-3-4-7-25(45-21(2)51)32(54)49-28-14-15-30(52)43-19-16-24(31(40)53)46-33(55)27(9-6-18-44-37(41)42)48-36(58)29(20-22-10-12-23(38)13-11-22)50-34(56)26(8-5-17-39)47-35(28)57/h10-13,24-29H,3-9,14-20,39H2,1-2H3,(H2,40,53)(H,43,52)(H,45,51)(H,46,55)(H,47,57)(H,48,58)(H,49,54)(H,50,56)(H4,41,42,44). The molecular weight excluding hydrogens is 759 g/mol. The zero-order chi connectivity index (χ0) is 43.2. The summed E-state index contributed by atoms with van der Waals surface area (Å²) < 4.78 is 13.8. The molecule has 1 aliphatic heterocycles. The summed E-state index contributed by atoms with van der Waals surface area (Å²) >= 11 is 0. The number of halogens is 1. The van der Waals surface area contributed by atoms with Crippen molar-refractivity contribution in [3.8, 4) is 0 Å². The van der Waals surface area contributed by atoms with E-state index in [0.717, 1.165) is 0 Å².